The van der Waals surface area contributed by atoms with Gasteiger partial charge in [-0.1, -0.05) is 72.4 Å². The van der Waals surface area contributed by atoms with Crippen LogP contribution < -0.4 is 5.56 Å². The summed E-state index contributed by atoms with van der Waals surface area (Å²) in [6, 6.07) is 18.2. The summed E-state index contributed by atoms with van der Waals surface area (Å²) in [5.74, 6) is 0.769. The van der Waals surface area contributed by atoms with Crippen molar-refractivity contribution >= 4 is 49.5 Å². The van der Waals surface area contributed by atoms with Crippen molar-refractivity contribution < 1.29 is 0 Å². The molecule has 0 aliphatic heterocycles. The van der Waals surface area contributed by atoms with Gasteiger partial charge < -0.3 is 0 Å². The number of rotatable bonds is 4. The Kier molecular flexibility index (Phi) is 4.42. The molecule has 0 saturated carbocycles. The molecule has 5 heteroatoms. The van der Waals surface area contributed by atoms with E-state index in [9.17, 15) is 4.79 Å². The Labute approximate surface area is 153 Å². The van der Waals surface area contributed by atoms with Crippen LogP contribution in [0, 0.1) is 0 Å². The molecular weight excluding hydrogens is 348 g/mol. The van der Waals surface area contributed by atoms with Gasteiger partial charge >= 0.3 is 0 Å². The monoisotopic (exact) mass is 364 g/mol. The summed E-state index contributed by atoms with van der Waals surface area (Å²) >= 11 is 3.16. The van der Waals surface area contributed by atoms with E-state index < -0.39 is 0 Å². The van der Waals surface area contributed by atoms with Crippen LogP contribution >= 0.6 is 23.1 Å². The van der Waals surface area contributed by atoms with Gasteiger partial charge in [-0.15, -0.1) is 11.3 Å². The molecule has 4 rings (SSSR count). The standard InChI is InChI=1S/C20H16N2OS2/c1-22-19(23)17-15-11-5-6-12-16(15)25-18(17)21-20(22)24-13-7-10-14-8-3-2-4-9-14/h2-12H,13H2,1H3/b10-7+. The average molecular weight is 364 g/mol. The third kappa shape index (κ3) is 3.13. The maximum atomic E-state index is 12.8. The molecule has 0 radical (unpaired) electrons. The van der Waals surface area contributed by atoms with Crippen molar-refractivity contribution in [2.24, 2.45) is 7.05 Å². The zero-order valence-electron chi connectivity index (χ0n) is 13.7. The minimum atomic E-state index is 0.0250. The van der Waals surface area contributed by atoms with E-state index in [1.807, 2.05) is 42.5 Å². The van der Waals surface area contributed by atoms with Crippen LogP contribution in [0.15, 0.2) is 70.6 Å². The molecule has 0 unspecified atom stereocenters. The van der Waals surface area contributed by atoms with E-state index in [2.05, 4.69) is 24.3 Å². The van der Waals surface area contributed by atoms with Gasteiger partial charge in [-0.25, -0.2) is 4.98 Å². The highest BCUT2D eigenvalue weighted by Crippen LogP contribution is 2.31. The van der Waals surface area contributed by atoms with E-state index in [0.29, 0.717) is 0 Å². The first-order valence-corrected chi connectivity index (χ1v) is 9.77. The first-order chi connectivity index (χ1) is 12.2. The first kappa shape index (κ1) is 16.1. The second kappa shape index (κ2) is 6.86. The third-order valence-electron chi connectivity index (χ3n) is 4.00. The number of benzene rings is 2. The fraction of sp³-hybridized carbons (Fsp3) is 0.100. The highest BCUT2D eigenvalue weighted by molar-refractivity contribution is 7.99. The lowest BCUT2D eigenvalue weighted by Gasteiger charge is -2.05. The molecular formula is C20H16N2OS2. The number of thiophene rings is 1. The highest BCUT2D eigenvalue weighted by Gasteiger charge is 2.13. The Morgan fingerprint density at radius 1 is 1.12 bits per heavy atom. The average Bonchev–Trinajstić information content (AvgIpc) is 3.02. The minimum Gasteiger partial charge on any atom is -0.290 e. The summed E-state index contributed by atoms with van der Waals surface area (Å²) in [7, 11) is 1.80. The summed E-state index contributed by atoms with van der Waals surface area (Å²) in [5.41, 5.74) is 1.20. The van der Waals surface area contributed by atoms with Gasteiger partial charge in [0, 0.05) is 22.9 Å². The van der Waals surface area contributed by atoms with Crippen molar-refractivity contribution in [1.82, 2.24) is 9.55 Å². The van der Waals surface area contributed by atoms with Gasteiger partial charge in [0.2, 0.25) is 0 Å². The number of fused-ring (bicyclic) bond motifs is 3. The van der Waals surface area contributed by atoms with Gasteiger partial charge in [0.25, 0.3) is 5.56 Å². The molecule has 25 heavy (non-hydrogen) atoms. The number of aromatic nitrogens is 2. The first-order valence-electron chi connectivity index (χ1n) is 7.97. The van der Waals surface area contributed by atoms with Crippen LogP contribution in [0.5, 0.6) is 0 Å². The zero-order valence-corrected chi connectivity index (χ0v) is 15.3. The van der Waals surface area contributed by atoms with Crippen molar-refractivity contribution in [3.8, 4) is 0 Å². The van der Waals surface area contributed by atoms with Crippen LogP contribution in [0.25, 0.3) is 26.4 Å². The Bertz CT molecular complexity index is 1130. The maximum Gasteiger partial charge on any atom is 0.263 e. The normalized spacial score (nSPS) is 11.7. The van der Waals surface area contributed by atoms with Gasteiger partial charge in [0.15, 0.2) is 5.16 Å². The SMILES string of the molecule is Cn1c(SC/C=C/c2ccccc2)nc2sc3ccccc3c2c1=O. The number of nitrogens with zero attached hydrogens (tertiary/aromatic N) is 2. The van der Waals surface area contributed by atoms with Crippen LogP contribution in [0.3, 0.4) is 0 Å². The summed E-state index contributed by atoms with van der Waals surface area (Å²) in [6.45, 7) is 0. The van der Waals surface area contributed by atoms with Crippen LogP contribution in [0.4, 0.5) is 0 Å². The van der Waals surface area contributed by atoms with Crippen LogP contribution in [0.2, 0.25) is 0 Å². The molecule has 0 aliphatic carbocycles. The largest absolute Gasteiger partial charge is 0.290 e. The number of thioether (sulfide) groups is 1. The molecule has 2 aromatic carbocycles. The van der Waals surface area contributed by atoms with Crippen molar-refractivity contribution in [3.63, 3.8) is 0 Å². The Hall–Kier alpha value is -2.37. The lowest BCUT2D eigenvalue weighted by molar-refractivity contribution is 0.729. The molecule has 0 aliphatic rings. The molecule has 0 atom stereocenters. The Morgan fingerprint density at radius 3 is 2.72 bits per heavy atom. The summed E-state index contributed by atoms with van der Waals surface area (Å²) in [5, 5.41) is 2.48. The lowest BCUT2D eigenvalue weighted by Crippen LogP contribution is -2.19. The van der Waals surface area contributed by atoms with Gasteiger partial charge in [-0.05, 0) is 11.6 Å². The quantitative estimate of drug-likeness (QED) is 0.379. The van der Waals surface area contributed by atoms with E-state index in [0.717, 1.165) is 31.2 Å². The fourth-order valence-corrected chi connectivity index (χ4v) is 4.63. The smallest absolute Gasteiger partial charge is 0.263 e. The van der Waals surface area contributed by atoms with Crippen molar-refractivity contribution in [2.75, 3.05) is 5.75 Å². The second-order valence-electron chi connectivity index (χ2n) is 5.66. The lowest BCUT2D eigenvalue weighted by atomic mass is 10.2. The molecule has 2 aromatic heterocycles. The Morgan fingerprint density at radius 2 is 1.88 bits per heavy atom. The topological polar surface area (TPSA) is 34.9 Å². The predicted molar refractivity (Wildman–Crippen MR) is 109 cm³/mol. The van der Waals surface area contributed by atoms with Crippen molar-refractivity contribution in [1.29, 1.82) is 0 Å². The number of hydrogen-bond acceptors (Lipinski definition) is 4. The molecule has 0 N–H and O–H groups in total. The molecule has 4 aromatic rings. The van der Waals surface area contributed by atoms with Crippen molar-refractivity contribution in [2.45, 2.75) is 5.16 Å². The van der Waals surface area contributed by atoms with Crippen LogP contribution in [0.1, 0.15) is 5.56 Å². The molecule has 0 bridgehead atoms. The van der Waals surface area contributed by atoms with Gasteiger partial charge in [0.05, 0.1) is 5.39 Å². The third-order valence-corrected chi connectivity index (χ3v) is 6.05. The summed E-state index contributed by atoms with van der Waals surface area (Å²) in [4.78, 5) is 18.3. The molecule has 0 fully saturated rings. The van der Waals surface area contributed by atoms with E-state index in [4.69, 9.17) is 4.98 Å². The molecule has 124 valence electrons. The minimum absolute atomic E-state index is 0.0250. The maximum absolute atomic E-state index is 12.8. The van der Waals surface area contributed by atoms with E-state index in [1.54, 1.807) is 34.7 Å². The summed E-state index contributed by atoms with van der Waals surface area (Å²) < 4.78 is 2.76. The highest BCUT2D eigenvalue weighted by atomic mass is 32.2. The number of hydrogen-bond donors (Lipinski definition) is 0. The molecule has 2 heterocycles. The fourth-order valence-electron chi connectivity index (χ4n) is 2.73. The van der Waals surface area contributed by atoms with Crippen LogP contribution in [-0.4, -0.2) is 15.3 Å². The molecule has 3 nitrogen and oxygen atoms in total. The predicted octanol–water partition coefficient (Wildman–Crippen LogP) is 4.95. The molecule has 0 amide bonds. The molecule has 0 saturated heterocycles. The van der Waals surface area contributed by atoms with E-state index >= 15 is 0 Å². The van der Waals surface area contributed by atoms with Crippen molar-refractivity contribution in [3.05, 3.63) is 76.6 Å². The Balaban J connectivity index is 1.64. The van der Waals surface area contributed by atoms with Gasteiger partial charge in [-0.3, -0.25) is 9.36 Å². The van der Waals surface area contributed by atoms with E-state index in [1.165, 1.54) is 5.56 Å². The van der Waals surface area contributed by atoms with Gasteiger partial charge in [-0.2, -0.15) is 0 Å². The van der Waals surface area contributed by atoms with Crippen LogP contribution in [-0.2, 0) is 7.05 Å². The van der Waals surface area contributed by atoms with Gasteiger partial charge in [0.1, 0.15) is 4.83 Å². The molecule has 0 spiro atoms. The summed E-state index contributed by atoms with van der Waals surface area (Å²) in [6.07, 6.45) is 4.18. The zero-order chi connectivity index (χ0) is 17.2. The van der Waals surface area contributed by atoms with E-state index in [-0.39, 0.29) is 5.56 Å². The second-order valence-corrected chi connectivity index (χ2v) is 7.68.